The average molecular weight is 385 g/mol. The maximum atomic E-state index is 12.3. The zero-order valence-electron chi connectivity index (χ0n) is 15.7. The fourth-order valence-corrected chi connectivity index (χ4v) is 2.97. The first-order valence-corrected chi connectivity index (χ1v) is 9.39. The van der Waals surface area contributed by atoms with Crippen molar-refractivity contribution < 1.29 is 19.1 Å². The fraction of sp³-hybridized carbons (Fsp3) is 0.526. The van der Waals surface area contributed by atoms with E-state index in [9.17, 15) is 14.4 Å². The zero-order chi connectivity index (χ0) is 20.1. The van der Waals surface area contributed by atoms with E-state index in [-0.39, 0.29) is 12.0 Å². The molecule has 3 amide bonds. The van der Waals surface area contributed by atoms with Crippen LogP contribution in [0.4, 0.5) is 10.6 Å². The van der Waals surface area contributed by atoms with Crippen LogP contribution in [0.15, 0.2) is 18.3 Å². The Bertz CT molecular complexity index is 777. The van der Waals surface area contributed by atoms with Crippen molar-refractivity contribution in [2.75, 3.05) is 18.0 Å². The van der Waals surface area contributed by atoms with Gasteiger partial charge >= 0.3 is 12.0 Å². The van der Waals surface area contributed by atoms with E-state index in [2.05, 4.69) is 15.6 Å². The lowest BCUT2D eigenvalue weighted by atomic mass is 9.97. The van der Waals surface area contributed by atoms with E-state index in [0.717, 1.165) is 18.7 Å². The molecular formula is C19H23N5O4. The molecule has 28 heavy (non-hydrogen) atoms. The first-order chi connectivity index (χ1) is 13.5. The van der Waals surface area contributed by atoms with Crippen molar-refractivity contribution >= 4 is 23.7 Å². The molecule has 1 saturated carbocycles. The summed E-state index contributed by atoms with van der Waals surface area (Å²) in [7, 11) is 0. The molecule has 9 heteroatoms. The van der Waals surface area contributed by atoms with E-state index in [1.54, 1.807) is 12.1 Å². The third-order valence-electron chi connectivity index (χ3n) is 4.84. The third kappa shape index (κ3) is 5.19. The van der Waals surface area contributed by atoms with Gasteiger partial charge in [-0.1, -0.05) is 0 Å². The number of piperidine rings is 1. The summed E-state index contributed by atoms with van der Waals surface area (Å²) in [5.74, 6) is -0.603. The van der Waals surface area contributed by atoms with Gasteiger partial charge in [-0.3, -0.25) is 14.9 Å². The number of ether oxygens (including phenoxy) is 1. The predicted molar refractivity (Wildman–Crippen MR) is 99.1 cm³/mol. The number of hydrogen-bond acceptors (Lipinski definition) is 7. The molecule has 0 spiro atoms. The van der Waals surface area contributed by atoms with E-state index in [4.69, 9.17) is 10.00 Å². The van der Waals surface area contributed by atoms with Gasteiger partial charge in [-0.25, -0.2) is 9.78 Å². The number of carbonyl (C=O) groups is 3. The summed E-state index contributed by atoms with van der Waals surface area (Å²) in [4.78, 5) is 42.2. The molecule has 0 radical (unpaired) electrons. The fourth-order valence-electron chi connectivity index (χ4n) is 2.97. The number of anilines is 1. The topological polar surface area (TPSA) is 124 Å². The highest BCUT2D eigenvalue weighted by atomic mass is 16.5. The standard InChI is InChI=1S/C19H23N5O4/c1-12(17(25)23-19(27)22-15-3-4-15)28-18(26)14-6-8-24(9-7-14)16-5-2-13(10-20)11-21-16/h2,5,11-12,14-15H,3-4,6-9H2,1H3,(H2,22,23,25,27). The van der Waals surface area contributed by atoms with Gasteiger partial charge < -0.3 is 15.0 Å². The van der Waals surface area contributed by atoms with Crippen LogP contribution in [0, 0.1) is 17.2 Å². The molecule has 1 aliphatic heterocycles. The summed E-state index contributed by atoms with van der Waals surface area (Å²) in [6.07, 6.45) is 3.49. The Kier molecular flexibility index (Phi) is 6.09. The lowest BCUT2D eigenvalue weighted by molar-refractivity contribution is -0.159. The highest BCUT2D eigenvalue weighted by molar-refractivity contribution is 5.97. The van der Waals surface area contributed by atoms with Gasteiger partial charge in [-0.2, -0.15) is 5.26 Å². The molecule has 2 fully saturated rings. The second-order valence-corrected chi connectivity index (χ2v) is 7.09. The SMILES string of the molecule is CC(OC(=O)C1CCN(c2ccc(C#N)cn2)CC1)C(=O)NC(=O)NC1CC1. The van der Waals surface area contributed by atoms with Crippen molar-refractivity contribution in [3.8, 4) is 6.07 Å². The van der Waals surface area contributed by atoms with Crippen molar-refractivity contribution in [1.82, 2.24) is 15.6 Å². The van der Waals surface area contributed by atoms with Crippen LogP contribution in [0.5, 0.6) is 0 Å². The number of rotatable bonds is 5. The van der Waals surface area contributed by atoms with Crippen LogP contribution in [0.3, 0.4) is 0 Å². The molecule has 2 aliphatic rings. The molecule has 1 aromatic heterocycles. The monoisotopic (exact) mass is 385 g/mol. The number of imide groups is 1. The molecular weight excluding hydrogens is 362 g/mol. The summed E-state index contributed by atoms with van der Waals surface area (Å²) < 4.78 is 5.24. The number of urea groups is 1. The molecule has 1 atom stereocenters. The lowest BCUT2D eigenvalue weighted by Gasteiger charge is -2.32. The van der Waals surface area contributed by atoms with Gasteiger partial charge in [0.15, 0.2) is 6.10 Å². The Labute approximate surface area is 163 Å². The Morgan fingerprint density at radius 3 is 2.54 bits per heavy atom. The molecule has 2 heterocycles. The minimum atomic E-state index is -1.03. The highest BCUT2D eigenvalue weighted by Gasteiger charge is 2.30. The first kappa shape index (κ1) is 19.6. The minimum absolute atomic E-state index is 0.140. The number of nitrogens with one attached hydrogen (secondary N) is 2. The van der Waals surface area contributed by atoms with Crippen LogP contribution < -0.4 is 15.5 Å². The molecule has 1 aliphatic carbocycles. The third-order valence-corrected chi connectivity index (χ3v) is 4.84. The van der Waals surface area contributed by atoms with Gasteiger partial charge in [-0.05, 0) is 44.7 Å². The van der Waals surface area contributed by atoms with E-state index >= 15 is 0 Å². The second-order valence-electron chi connectivity index (χ2n) is 7.09. The van der Waals surface area contributed by atoms with E-state index < -0.39 is 24.0 Å². The highest BCUT2D eigenvalue weighted by Crippen LogP contribution is 2.23. The molecule has 1 unspecified atom stereocenters. The van der Waals surface area contributed by atoms with E-state index in [1.807, 2.05) is 11.0 Å². The Balaban J connectivity index is 1.43. The van der Waals surface area contributed by atoms with Crippen molar-refractivity contribution in [2.24, 2.45) is 5.92 Å². The van der Waals surface area contributed by atoms with Crippen LogP contribution in [0.25, 0.3) is 0 Å². The van der Waals surface area contributed by atoms with Crippen molar-refractivity contribution in [3.63, 3.8) is 0 Å². The smallest absolute Gasteiger partial charge is 0.321 e. The second kappa shape index (κ2) is 8.69. The molecule has 148 valence electrons. The molecule has 1 saturated heterocycles. The quantitative estimate of drug-likeness (QED) is 0.727. The molecule has 0 bridgehead atoms. The van der Waals surface area contributed by atoms with Gasteiger partial charge in [0.1, 0.15) is 11.9 Å². The van der Waals surface area contributed by atoms with Crippen LogP contribution in [0.1, 0.15) is 38.2 Å². The summed E-state index contributed by atoms with van der Waals surface area (Å²) in [6.45, 7) is 2.71. The van der Waals surface area contributed by atoms with Gasteiger partial charge in [0.25, 0.3) is 5.91 Å². The Hall–Kier alpha value is -3.15. The Morgan fingerprint density at radius 2 is 1.96 bits per heavy atom. The maximum Gasteiger partial charge on any atom is 0.321 e. The number of esters is 1. The van der Waals surface area contributed by atoms with Crippen LogP contribution in [0.2, 0.25) is 0 Å². The van der Waals surface area contributed by atoms with Crippen LogP contribution >= 0.6 is 0 Å². The molecule has 1 aromatic rings. The molecule has 2 N–H and O–H groups in total. The van der Waals surface area contributed by atoms with Gasteiger partial charge in [0.05, 0.1) is 11.5 Å². The summed E-state index contributed by atoms with van der Waals surface area (Å²) >= 11 is 0. The normalized spacial score (nSPS) is 17.9. The Morgan fingerprint density at radius 1 is 1.25 bits per heavy atom. The van der Waals surface area contributed by atoms with Gasteiger partial charge in [-0.15, -0.1) is 0 Å². The largest absolute Gasteiger partial charge is 0.452 e. The molecule has 3 rings (SSSR count). The minimum Gasteiger partial charge on any atom is -0.452 e. The van der Waals surface area contributed by atoms with Gasteiger partial charge in [0.2, 0.25) is 0 Å². The number of nitriles is 1. The number of amides is 3. The zero-order valence-corrected chi connectivity index (χ0v) is 15.7. The maximum absolute atomic E-state index is 12.3. The first-order valence-electron chi connectivity index (χ1n) is 9.39. The summed E-state index contributed by atoms with van der Waals surface area (Å²) in [6, 6.07) is 5.11. The van der Waals surface area contributed by atoms with Crippen molar-refractivity contribution in [2.45, 2.75) is 44.8 Å². The summed E-state index contributed by atoms with van der Waals surface area (Å²) in [5, 5.41) is 13.7. The lowest BCUT2D eigenvalue weighted by Crippen LogP contribution is -2.46. The van der Waals surface area contributed by atoms with Gasteiger partial charge in [0, 0.05) is 25.3 Å². The summed E-state index contributed by atoms with van der Waals surface area (Å²) in [5.41, 5.74) is 0.500. The number of nitrogens with zero attached hydrogens (tertiary/aromatic N) is 3. The number of carbonyl (C=O) groups excluding carboxylic acids is 3. The average Bonchev–Trinajstić information content (AvgIpc) is 3.51. The molecule has 0 aromatic carbocycles. The predicted octanol–water partition coefficient (Wildman–Crippen LogP) is 1.09. The number of hydrogen-bond donors (Lipinski definition) is 2. The number of pyridine rings is 1. The van der Waals surface area contributed by atoms with Crippen molar-refractivity contribution in [3.05, 3.63) is 23.9 Å². The molecule has 9 nitrogen and oxygen atoms in total. The van der Waals surface area contributed by atoms with E-state index in [0.29, 0.717) is 31.5 Å². The van der Waals surface area contributed by atoms with Crippen LogP contribution in [-0.2, 0) is 14.3 Å². The van der Waals surface area contributed by atoms with E-state index in [1.165, 1.54) is 13.1 Å². The number of aromatic nitrogens is 1. The van der Waals surface area contributed by atoms with Crippen molar-refractivity contribution in [1.29, 1.82) is 5.26 Å². The van der Waals surface area contributed by atoms with Crippen LogP contribution in [-0.4, -0.2) is 48.1 Å².